The van der Waals surface area contributed by atoms with Crippen molar-refractivity contribution in [1.29, 1.82) is 0 Å². The highest BCUT2D eigenvalue weighted by Gasteiger charge is 2.13. The lowest BCUT2D eigenvalue weighted by Crippen LogP contribution is -2.23. The van der Waals surface area contributed by atoms with Crippen molar-refractivity contribution in [2.75, 3.05) is 6.54 Å². The molecule has 1 aromatic carbocycles. The van der Waals surface area contributed by atoms with Gasteiger partial charge in [-0.05, 0) is 30.2 Å². The minimum Gasteiger partial charge on any atom is -0.508 e. The molecule has 0 saturated carbocycles. The predicted molar refractivity (Wildman–Crippen MR) is 45.2 cm³/mol. The maximum atomic E-state index is 9.45. The third-order valence-corrected chi connectivity index (χ3v) is 2.17. The number of benzene rings is 1. The molecule has 0 atom stereocenters. The van der Waals surface area contributed by atoms with Crippen LogP contribution in [0.3, 0.4) is 0 Å². The second-order valence-electron chi connectivity index (χ2n) is 3.03. The maximum Gasteiger partial charge on any atom is 0.122 e. The van der Waals surface area contributed by atoms with Crippen molar-refractivity contribution >= 4 is 0 Å². The monoisotopic (exact) mass is 165 g/mol. The average molecular weight is 165 g/mol. The van der Waals surface area contributed by atoms with E-state index in [1.165, 1.54) is 6.07 Å². The lowest BCUT2D eigenvalue weighted by molar-refractivity contribution is 0.439. The Morgan fingerprint density at radius 3 is 2.92 bits per heavy atom. The van der Waals surface area contributed by atoms with Gasteiger partial charge in [-0.1, -0.05) is 0 Å². The fraction of sp³-hybridized carbons (Fsp3) is 0.333. The summed E-state index contributed by atoms with van der Waals surface area (Å²) < 4.78 is 0. The van der Waals surface area contributed by atoms with E-state index in [0.717, 1.165) is 30.6 Å². The number of rotatable bonds is 0. The Bertz CT molecular complexity index is 310. The highest BCUT2D eigenvalue weighted by molar-refractivity contribution is 5.46. The first-order chi connectivity index (χ1) is 5.77. The molecule has 0 spiro atoms. The number of aromatic hydroxyl groups is 2. The van der Waals surface area contributed by atoms with Gasteiger partial charge in [0.15, 0.2) is 0 Å². The Morgan fingerprint density at radius 1 is 1.25 bits per heavy atom. The molecule has 0 aromatic heterocycles. The van der Waals surface area contributed by atoms with Gasteiger partial charge in [-0.2, -0.15) is 0 Å². The molecule has 0 aliphatic carbocycles. The summed E-state index contributed by atoms with van der Waals surface area (Å²) in [5.74, 6) is 0.349. The first-order valence-electron chi connectivity index (χ1n) is 4.02. The van der Waals surface area contributed by atoms with Crippen LogP contribution in [-0.2, 0) is 13.0 Å². The SMILES string of the molecule is Oc1cc(O)c2c(c1)CNCC2. The molecule has 2 rings (SSSR count). The van der Waals surface area contributed by atoms with Gasteiger partial charge in [-0.3, -0.25) is 0 Å². The minimum absolute atomic E-state index is 0.134. The van der Waals surface area contributed by atoms with E-state index in [-0.39, 0.29) is 11.5 Å². The van der Waals surface area contributed by atoms with Crippen molar-refractivity contribution in [1.82, 2.24) is 5.32 Å². The van der Waals surface area contributed by atoms with E-state index in [2.05, 4.69) is 5.32 Å². The van der Waals surface area contributed by atoms with Crippen LogP contribution in [0, 0.1) is 0 Å². The van der Waals surface area contributed by atoms with E-state index in [0.29, 0.717) is 0 Å². The van der Waals surface area contributed by atoms with Crippen molar-refractivity contribution in [3.8, 4) is 11.5 Å². The van der Waals surface area contributed by atoms with Crippen LogP contribution in [0.2, 0.25) is 0 Å². The van der Waals surface area contributed by atoms with Crippen LogP contribution < -0.4 is 5.32 Å². The summed E-state index contributed by atoms with van der Waals surface area (Å²) in [6, 6.07) is 3.09. The quantitative estimate of drug-likeness (QED) is 0.531. The summed E-state index contributed by atoms with van der Waals surface area (Å²) in [5.41, 5.74) is 1.96. The predicted octanol–water partition coefficient (Wildman–Crippen LogP) is 0.743. The Labute approximate surface area is 70.7 Å². The maximum absolute atomic E-state index is 9.45. The summed E-state index contributed by atoms with van der Waals surface area (Å²) in [4.78, 5) is 0. The lowest BCUT2D eigenvalue weighted by atomic mass is 10.00. The van der Waals surface area contributed by atoms with Crippen molar-refractivity contribution in [2.24, 2.45) is 0 Å². The standard InChI is InChI=1S/C9H11NO2/c11-7-3-6-5-10-2-1-8(6)9(12)4-7/h3-4,10-12H,1-2,5H2. The molecule has 0 saturated heterocycles. The fourth-order valence-corrected chi connectivity index (χ4v) is 1.58. The van der Waals surface area contributed by atoms with Gasteiger partial charge in [0.05, 0.1) is 0 Å². The molecule has 1 aliphatic heterocycles. The van der Waals surface area contributed by atoms with Crippen LogP contribution in [-0.4, -0.2) is 16.8 Å². The van der Waals surface area contributed by atoms with Crippen molar-refractivity contribution in [3.05, 3.63) is 23.3 Å². The Kier molecular flexibility index (Phi) is 1.66. The van der Waals surface area contributed by atoms with E-state index >= 15 is 0 Å². The van der Waals surface area contributed by atoms with Crippen molar-refractivity contribution in [2.45, 2.75) is 13.0 Å². The topological polar surface area (TPSA) is 52.5 Å². The van der Waals surface area contributed by atoms with Crippen LogP contribution >= 0.6 is 0 Å². The Morgan fingerprint density at radius 2 is 2.08 bits per heavy atom. The summed E-state index contributed by atoms with van der Waals surface area (Å²) in [6.45, 7) is 1.63. The lowest BCUT2D eigenvalue weighted by Gasteiger charge is -2.17. The number of hydrogen-bond donors (Lipinski definition) is 3. The summed E-state index contributed by atoms with van der Waals surface area (Å²) in [5, 5.41) is 21.8. The zero-order valence-corrected chi connectivity index (χ0v) is 6.67. The molecule has 1 heterocycles. The average Bonchev–Trinajstić information content (AvgIpc) is 2.04. The van der Waals surface area contributed by atoms with Gasteiger partial charge in [-0.15, -0.1) is 0 Å². The van der Waals surface area contributed by atoms with Gasteiger partial charge in [0.2, 0.25) is 0 Å². The second kappa shape index (κ2) is 2.68. The van der Waals surface area contributed by atoms with Crippen LogP contribution in [0.1, 0.15) is 11.1 Å². The molecule has 0 unspecified atom stereocenters. The molecule has 0 radical (unpaired) electrons. The molecule has 3 nitrogen and oxygen atoms in total. The minimum atomic E-state index is 0.134. The molecule has 64 valence electrons. The van der Waals surface area contributed by atoms with Crippen LogP contribution in [0.25, 0.3) is 0 Å². The van der Waals surface area contributed by atoms with E-state index in [9.17, 15) is 10.2 Å². The second-order valence-corrected chi connectivity index (χ2v) is 3.03. The molecule has 3 heteroatoms. The molecular weight excluding hydrogens is 154 g/mol. The van der Waals surface area contributed by atoms with Gasteiger partial charge in [0.25, 0.3) is 0 Å². The smallest absolute Gasteiger partial charge is 0.122 e. The van der Waals surface area contributed by atoms with Gasteiger partial charge in [0.1, 0.15) is 11.5 Å². The number of phenols is 2. The largest absolute Gasteiger partial charge is 0.508 e. The van der Waals surface area contributed by atoms with Crippen LogP contribution in [0.4, 0.5) is 0 Å². The molecule has 12 heavy (non-hydrogen) atoms. The van der Waals surface area contributed by atoms with Gasteiger partial charge in [0, 0.05) is 12.6 Å². The van der Waals surface area contributed by atoms with E-state index < -0.39 is 0 Å². The number of hydrogen-bond acceptors (Lipinski definition) is 3. The van der Waals surface area contributed by atoms with E-state index in [1.807, 2.05) is 0 Å². The molecule has 1 aliphatic rings. The zero-order chi connectivity index (χ0) is 8.55. The third-order valence-electron chi connectivity index (χ3n) is 2.17. The first kappa shape index (κ1) is 7.43. The summed E-state index contributed by atoms with van der Waals surface area (Å²) >= 11 is 0. The molecule has 0 bridgehead atoms. The molecule has 0 amide bonds. The van der Waals surface area contributed by atoms with Gasteiger partial charge < -0.3 is 15.5 Å². The van der Waals surface area contributed by atoms with E-state index in [4.69, 9.17) is 0 Å². The number of fused-ring (bicyclic) bond motifs is 1. The molecule has 0 fully saturated rings. The Hall–Kier alpha value is -1.22. The Balaban J connectivity index is 2.53. The fourth-order valence-electron chi connectivity index (χ4n) is 1.58. The van der Waals surface area contributed by atoms with Crippen molar-refractivity contribution < 1.29 is 10.2 Å². The highest BCUT2D eigenvalue weighted by Crippen LogP contribution is 2.28. The molecule has 1 aromatic rings. The van der Waals surface area contributed by atoms with Gasteiger partial charge >= 0.3 is 0 Å². The van der Waals surface area contributed by atoms with Crippen LogP contribution in [0.5, 0.6) is 11.5 Å². The summed E-state index contributed by atoms with van der Waals surface area (Å²) in [6.07, 6.45) is 0.835. The molecular formula is C9H11NO2. The normalized spacial score (nSPS) is 15.7. The number of nitrogens with one attached hydrogen (secondary N) is 1. The number of phenolic OH excluding ortho intramolecular Hbond substituents is 2. The summed E-state index contributed by atoms with van der Waals surface area (Å²) in [7, 11) is 0. The molecule has 3 N–H and O–H groups in total. The highest BCUT2D eigenvalue weighted by atomic mass is 16.3. The van der Waals surface area contributed by atoms with E-state index in [1.54, 1.807) is 6.07 Å². The van der Waals surface area contributed by atoms with Crippen molar-refractivity contribution in [3.63, 3.8) is 0 Å². The zero-order valence-electron chi connectivity index (χ0n) is 6.67. The third kappa shape index (κ3) is 1.12. The van der Waals surface area contributed by atoms with Crippen LogP contribution in [0.15, 0.2) is 12.1 Å². The first-order valence-corrected chi connectivity index (χ1v) is 4.02. The van der Waals surface area contributed by atoms with Gasteiger partial charge in [-0.25, -0.2) is 0 Å².